The van der Waals surface area contributed by atoms with Gasteiger partial charge in [-0.1, -0.05) is 0 Å². The number of allylic oxidation sites excluding steroid dienone is 1. The minimum absolute atomic E-state index is 0. The minimum atomic E-state index is 0. The monoisotopic (exact) mass is 67.1 g/mol. The predicted molar refractivity (Wildman–Crippen MR) is 27.6 cm³/mol. The predicted octanol–water partition coefficient (Wildman–Crippen LogP) is -0.599. The normalized spacial score (nSPS) is 12.8. The van der Waals surface area contributed by atoms with Gasteiger partial charge in [-0.25, -0.2) is 0 Å². The first-order valence-electron chi connectivity index (χ1n) is 1.18. The second-order valence-corrected chi connectivity index (χ2v) is 0.640. The maximum Gasteiger partial charge on any atom is 0.0814 e. The van der Waals surface area contributed by atoms with E-state index >= 15 is 0 Å². The molecular weight excluding hydrogens is 60.9 g/mol. The van der Waals surface area contributed by atoms with Crippen molar-refractivity contribution in [3.05, 3.63) is 12.3 Å². The van der Waals surface area contributed by atoms with Crippen LogP contribution in [0, 0.1) is 0 Å². The van der Waals surface area contributed by atoms with Gasteiger partial charge in [-0.05, 0) is 6.08 Å². The molecule has 0 radical (unpaired) electrons. The number of hydrogen-bond acceptors (Lipinski definition) is 1. The van der Waals surface area contributed by atoms with E-state index < -0.39 is 0 Å². The highest BCUT2D eigenvalue weighted by molar-refractivity contribution is 5.76. The molecule has 0 saturated carbocycles. The van der Waals surface area contributed by atoms with Crippen LogP contribution >= 0.6 is 0 Å². The summed E-state index contributed by atoms with van der Waals surface area (Å²) >= 11 is 0. The quantitative estimate of drug-likeness (QED) is 0.335. The third-order valence-electron chi connectivity index (χ3n) is 0.344. The fraction of sp³-hybridized carbons (Fsp3) is 0. The van der Waals surface area contributed by atoms with Gasteiger partial charge in [0.2, 0.25) is 0 Å². The summed E-state index contributed by atoms with van der Waals surface area (Å²) in [5, 5.41) is 0. The molecule has 0 N–H and O–H groups in total. The van der Waals surface area contributed by atoms with Crippen LogP contribution in [0.2, 0.25) is 0 Å². The van der Waals surface area contributed by atoms with Gasteiger partial charge in [-0.15, -0.1) is 0 Å². The topological polar surface area (TPSA) is 12.4 Å². The molecule has 1 heterocycles. The third kappa shape index (κ3) is 0.626. The molecule has 0 atom stereocenters. The SMILES string of the molecule is B.C1=CN=C1. The summed E-state index contributed by atoms with van der Waals surface area (Å²) in [6.45, 7) is 0. The maximum atomic E-state index is 3.61. The number of aliphatic imine (C=N–C) groups is 1. The van der Waals surface area contributed by atoms with Crippen LogP contribution < -0.4 is 0 Å². The van der Waals surface area contributed by atoms with Crippen LogP contribution in [-0.2, 0) is 0 Å². The van der Waals surface area contributed by atoms with E-state index in [0.29, 0.717) is 0 Å². The van der Waals surface area contributed by atoms with Crippen LogP contribution in [0.15, 0.2) is 17.3 Å². The van der Waals surface area contributed by atoms with Gasteiger partial charge in [0.05, 0.1) is 8.41 Å². The average molecular weight is 66.9 g/mol. The van der Waals surface area contributed by atoms with E-state index in [4.69, 9.17) is 0 Å². The maximum absolute atomic E-state index is 3.61. The van der Waals surface area contributed by atoms with Crippen molar-refractivity contribution < 1.29 is 0 Å². The fourth-order valence-electron chi connectivity index (χ4n) is 0.0861. The summed E-state index contributed by atoms with van der Waals surface area (Å²) in [6, 6.07) is 0. The van der Waals surface area contributed by atoms with Gasteiger partial charge >= 0.3 is 0 Å². The van der Waals surface area contributed by atoms with Crippen LogP contribution in [0.25, 0.3) is 0 Å². The Morgan fingerprint density at radius 1 is 1.40 bits per heavy atom. The Morgan fingerprint density at radius 3 is 1.60 bits per heavy atom. The molecule has 0 aromatic rings. The lowest BCUT2D eigenvalue weighted by Crippen LogP contribution is -1.67. The highest BCUT2D eigenvalue weighted by atomic mass is 14.7. The second-order valence-electron chi connectivity index (χ2n) is 0.640. The lowest BCUT2D eigenvalue weighted by molar-refractivity contribution is 1.55. The van der Waals surface area contributed by atoms with Gasteiger partial charge in [0, 0.05) is 12.4 Å². The summed E-state index contributed by atoms with van der Waals surface area (Å²) in [6.07, 6.45) is 5.39. The van der Waals surface area contributed by atoms with E-state index in [1.54, 1.807) is 12.4 Å². The highest BCUT2D eigenvalue weighted by Crippen LogP contribution is 1.78. The molecule has 0 saturated heterocycles. The van der Waals surface area contributed by atoms with E-state index in [9.17, 15) is 0 Å². The molecule has 1 aliphatic heterocycles. The standard InChI is InChI=1S/C3H3N.BH3/c1-2-4-3-1;/h1-3H;1H3. The highest BCUT2D eigenvalue weighted by Gasteiger charge is 1.66. The molecule has 0 spiro atoms. The van der Waals surface area contributed by atoms with E-state index in [2.05, 4.69) is 4.99 Å². The van der Waals surface area contributed by atoms with E-state index in [-0.39, 0.29) is 8.41 Å². The third-order valence-corrected chi connectivity index (χ3v) is 0.344. The Morgan fingerprint density at radius 2 is 1.60 bits per heavy atom. The average Bonchev–Trinajstić information content (AvgIpc) is 0.722. The smallest absolute Gasteiger partial charge is 0.0814 e. The first-order chi connectivity index (χ1) is 2.00. The Labute approximate surface area is 33.0 Å². The van der Waals surface area contributed by atoms with Crippen LogP contribution in [0.3, 0.4) is 0 Å². The largest absolute Gasteiger partial charge is 0.265 e. The van der Waals surface area contributed by atoms with E-state index in [1.165, 1.54) is 0 Å². The van der Waals surface area contributed by atoms with Crippen molar-refractivity contribution in [2.24, 2.45) is 4.99 Å². The van der Waals surface area contributed by atoms with Gasteiger partial charge < -0.3 is 0 Å². The van der Waals surface area contributed by atoms with Crippen molar-refractivity contribution in [2.45, 2.75) is 0 Å². The van der Waals surface area contributed by atoms with Gasteiger partial charge in [0.1, 0.15) is 0 Å². The molecule has 0 bridgehead atoms. The molecule has 0 aliphatic carbocycles. The van der Waals surface area contributed by atoms with Crippen molar-refractivity contribution in [1.82, 2.24) is 0 Å². The van der Waals surface area contributed by atoms with E-state index in [1.807, 2.05) is 6.08 Å². The minimum Gasteiger partial charge on any atom is -0.265 e. The molecule has 0 aromatic carbocycles. The molecule has 1 rings (SSSR count). The van der Waals surface area contributed by atoms with Gasteiger partial charge in [0.25, 0.3) is 0 Å². The van der Waals surface area contributed by atoms with Crippen LogP contribution in [0.5, 0.6) is 0 Å². The Kier molecular flexibility index (Phi) is 1.58. The lowest BCUT2D eigenvalue weighted by atomic mass is 10.6. The number of hydrogen-bond donors (Lipinski definition) is 0. The lowest BCUT2D eigenvalue weighted by Gasteiger charge is -1.77. The van der Waals surface area contributed by atoms with Crippen molar-refractivity contribution >= 4 is 14.6 Å². The summed E-state index contributed by atoms with van der Waals surface area (Å²) in [5.74, 6) is 0. The van der Waals surface area contributed by atoms with Crippen LogP contribution in [0.1, 0.15) is 0 Å². The van der Waals surface area contributed by atoms with Gasteiger partial charge in [-0.3, -0.25) is 4.99 Å². The molecular formula is C3H6BN. The summed E-state index contributed by atoms with van der Waals surface area (Å²) in [4.78, 5) is 3.61. The summed E-state index contributed by atoms with van der Waals surface area (Å²) in [5.41, 5.74) is 0. The first kappa shape index (κ1) is 4.47. The molecule has 26 valence electrons. The molecule has 0 unspecified atom stereocenters. The van der Waals surface area contributed by atoms with Crippen molar-refractivity contribution in [3.63, 3.8) is 0 Å². The summed E-state index contributed by atoms with van der Waals surface area (Å²) in [7, 11) is 0. The molecule has 5 heavy (non-hydrogen) atoms. The molecule has 0 aromatic heterocycles. The zero-order valence-electron chi connectivity index (χ0n) is 2.18. The molecule has 0 fully saturated rings. The van der Waals surface area contributed by atoms with Crippen molar-refractivity contribution in [3.8, 4) is 0 Å². The zero-order chi connectivity index (χ0) is 2.83. The number of rotatable bonds is 0. The fourth-order valence-corrected chi connectivity index (χ4v) is 0.0861. The van der Waals surface area contributed by atoms with E-state index in [0.717, 1.165) is 0 Å². The molecule has 1 nitrogen and oxygen atoms in total. The van der Waals surface area contributed by atoms with Crippen LogP contribution in [-0.4, -0.2) is 14.6 Å². The van der Waals surface area contributed by atoms with Gasteiger partial charge in [-0.2, -0.15) is 0 Å². The van der Waals surface area contributed by atoms with Crippen molar-refractivity contribution in [2.75, 3.05) is 0 Å². The van der Waals surface area contributed by atoms with Gasteiger partial charge in [0.15, 0.2) is 0 Å². The Balaban J connectivity index is 0.000000160. The molecule has 2 heteroatoms. The molecule has 1 aliphatic rings. The summed E-state index contributed by atoms with van der Waals surface area (Å²) < 4.78 is 0. The zero-order valence-corrected chi connectivity index (χ0v) is 2.18. The first-order valence-corrected chi connectivity index (χ1v) is 1.18. The number of nitrogens with zero attached hydrogens (tertiary/aromatic N) is 1. The Hall–Kier alpha value is -0.525. The van der Waals surface area contributed by atoms with Crippen molar-refractivity contribution in [1.29, 1.82) is 0 Å². The van der Waals surface area contributed by atoms with Crippen LogP contribution in [0.4, 0.5) is 0 Å². The Bertz CT molecular complexity index is 47.3. The second kappa shape index (κ2) is 1.76. The molecule has 0 amide bonds.